The Morgan fingerprint density at radius 1 is 0.699 bits per heavy atom. The van der Waals surface area contributed by atoms with Crippen molar-refractivity contribution in [3.05, 3.63) is 71.3 Å². The number of nitrogens with two attached hydrogens (primary N) is 2. The van der Waals surface area contributed by atoms with Crippen LogP contribution in [0, 0.1) is 61.1 Å². The predicted molar refractivity (Wildman–Crippen MR) is 280 cm³/mol. The van der Waals surface area contributed by atoms with Gasteiger partial charge in [-0.3, -0.25) is 29.5 Å². The van der Waals surface area contributed by atoms with E-state index in [2.05, 4.69) is 41.5 Å². The molecule has 18 nitrogen and oxygen atoms in total. The van der Waals surface area contributed by atoms with Gasteiger partial charge in [0.1, 0.15) is 23.2 Å². The Balaban J connectivity index is 0.000000258. The molecule has 0 heterocycles. The smallest absolute Gasteiger partial charge is 0.309 e. The Hall–Kier alpha value is -4.44. The van der Waals surface area contributed by atoms with Crippen molar-refractivity contribution in [2.75, 3.05) is 37.9 Å². The van der Waals surface area contributed by atoms with Crippen LogP contribution >= 0.6 is 0 Å². The van der Waals surface area contributed by atoms with Crippen LogP contribution in [-0.2, 0) is 29.8 Å². The third-order valence-electron chi connectivity index (χ3n) is 17.4. The number of hydrogen-bond acceptors (Lipinski definition) is 13. The number of hydrogen-bond donors (Lipinski definition) is 10. The fourth-order valence-corrected chi connectivity index (χ4v) is 13.3. The van der Waals surface area contributed by atoms with E-state index in [0.29, 0.717) is 36.7 Å². The van der Waals surface area contributed by atoms with Crippen LogP contribution in [0.2, 0.25) is 0 Å². The Labute approximate surface area is 432 Å². The lowest BCUT2D eigenvalue weighted by Gasteiger charge is -2.70. The molecule has 5 aliphatic rings. The molecule has 0 aromatic heterocycles. The molecule has 0 amide bonds. The zero-order valence-electron chi connectivity index (χ0n) is 43.7. The number of benzene rings is 2. The molecule has 0 spiro atoms. The summed E-state index contributed by atoms with van der Waals surface area (Å²) in [6.45, 7) is 16.1. The van der Waals surface area contributed by atoms with E-state index >= 15 is 0 Å². The molecule has 5 aliphatic carbocycles. The number of carboxylic acid groups (broad SMARTS) is 1. The van der Waals surface area contributed by atoms with Crippen LogP contribution in [-0.4, -0.2) is 114 Å². The number of allylic oxidation sites excluding steroid dienone is 2. The molecule has 7 rings (SSSR count). The molecule has 2 aromatic rings. The third-order valence-corrected chi connectivity index (χ3v) is 18.8. The first-order valence-corrected chi connectivity index (χ1v) is 28.4. The van der Waals surface area contributed by atoms with Crippen LogP contribution in [0.4, 0.5) is 0 Å². The maximum atomic E-state index is 14.2. The number of carbonyl (C=O) groups is 2. The molecule has 73 heavy (non-hydrogen) atoms. The first kappa shape index (κ1) is 61.1. The Bertz CT molecular complexity index is 2430. The number of ketones is 1. The molecule has 2 aromatic carbocycles. The highest BCUT2D eigenvalue weighted by atomic mass is 32.2. The molecule has 4 fully saturated rings. The maximum absolute atomic E-state index is 14.2. The van der Waals surface area contributed by atoms with E-state index in [-0.39, 0.29) is 62.5 Å². The molecule has 0 bridgehead atoms. The SMILES string of the molecule is CC1(C(=O)O)CCC2(C)CCC3(C)C(=CC(=O)C4C5(C)CCC(O)C(C)(C)C5CCC43C)C2C1.N=C(N)c1ccc(OCCCCCOc2ccc(C(=N)N)cc2)cc1.O=S(=O)(O)CCO.O=S(=O)(O)CCO. The van der Waals surface area contributed by atoms with Gasteiger partial charge in [0, 0.05) is 17.0 Å². The number of fused-ring (bicyclic) bond motifs is 7. The van der Waals surface area contributed by atoms with Crippen molar-refractivity contribution in [1.82, 2.24) is 0 Å². The van der Waals surface area contributed by atoms with Crippen molar-refractivity contribution >= 4 is 43.7 Å². The molecule has 4 saturated carbocycles. The summed E-state index contributed by atoms with van der Waals surface area (Å²) in [4.78, 5) is 26.4. The molecule has 410 valence electrons. The quantitative estimate of drug-likeness (QED) is 0.0370. The van der Waals surface area contributed by atoms with Crippen LogP contribution in [0.25, 0.3) is 0 Å². The lowest BCUT2D eigenvalue weighted by atomic mass is 9.33. The van der Waals surface area contributed by atoms with Gasteiger partial charge in [0.05, 0.1) is 49.5 Å². The summed E-state index contributed by atoms with van der Waals surface area (Å²) in [5, 5.41) is 51.3. The number of carbonyl (C=O) groups excluding carboxylic acids is 1. The molecular weight excluding hydrogens is 981 g/mol. The average Bonchev–Trinajstić information content (AvgIpc) is 3.29. The zero-order chi connectivity index (χ0) is 55.0. The van der Waals surface area contributed by atoms with Crippen molar-refractivity contribution < 1.29 is 65.4 Å². The normalized spacial score (nSPS) is 31.0. The van der Waals surface area contributed by atoms with Crippen LogP contribution in [0.3, 0.4) is 0 Å². The number of rotatable bonds is 15. The number of carboxylic acids is 1. The first-order chi connectivity index (χ1) is 33.7. The summed E-state index contributed by atoms with van der Waals surface area (Å²) in [7, 11) is -7.85. The van der Waals surface area contributed by atoms with Gasteiger partial charge in [0.2, 0.25) is 0 Å². The standard InChI is InChI=1S/C30H46O4.C19H24N4O2.2C2H6O4S/c1-25(2)21-8-11-30(7)23(28(21,5)10-9-22(25)32)20(31)16-18-19-17-27(4,24(33)34)13-12-26(19,3)14-15-29(18,30)6;20-18(21)14-4-8-16(9-5-14)24-12-2-1-3-13-25-17-10-6-15(7-11-17)19(22)23;2*3-1-2-7(4,5)6/h16,19,21-23,32H,8-15,17H2,1-7H3,(H,33,34);4-11H,1-3,12-13H2,(H3,20,21)(H3,22,23);2*3H,1-2H2,(H,4,5,6). The third kappa shape index (κ3) is 14.5. The molecular formula is C53H82N4O14S2. The molecule has 0 aliphatic heterocycles. The number of amidine groups is 2. The summed E-state index contributed by atoms with van der Waals surface area (Å²) < 4.78 is 65.5. The molecule has 20 heteroatoms. The van der Waals surface area contributed by atoms with Gasteiger partial charge in [-0.15, -0.1) is 0 Å². The second kappa shape index (κ2) is 24.0. The number of aliphatic hydroxyl groups is 3. The molecule has 12 N–H and O–H groups in total. The second-order valence-corrected chi connectivity index (χ2v) is 25.7. The van der Waals surface area contributed by atoms with Crippen LogP contribution in [0.1, 0.15) is 137 Å². The van der Waals surface area contributed by atoms with Gasteiger partial charge in [0.25, 0.3) is 20.2 Å². The summed E-state index contributed by atoms with van der Waals surface area (Å²) >= 11 is 0. The fourth-order valence-electron chi connectivity index (χ4n) is 12.8. The minimum atomic E-state index is -3.92. The zero-order valence-corrected chi connectivity index (χ0v) is 45.3. The van der Waals surface area contributed by atoms with Gasteiger partial charge < -0.3 is 41.4 Å². The van der Waals surface area contributed by atoms with Crippen LogP contribution in [0.15, 0.2) is 60.2 Å². The second-order valence-electron chi connectivity index (χ2n) is 22.6. The van der Waals surface area contributed by atoms with Crippen molar-refractivity contribution in [1.29, 1.82) is 10.8 Å². The first-order valence-electron chi connectivity index (χ1n) is 25.2. The van der Waals surface area contributed by atoms with Crippen LogP contribution < -0.4 is 20.9 Å². The number of aliphatic hydroxyl groups excluding tert-OH is 3. The highest BCUT2D eigenvalue weighted by Gasteiger charge is 2.70. The minimum Gasteiger partial charge on any atom is -0.494 e. The summed E-state index contributed by atoms with van der Waals surface area (Å²) in [6.07, 6.45) is 12.9. The van der Waals surface area contributed by atoms with Crippen molar-refractivity contribution in [3.63, 3.8) is 0 Å². The number of nitrogen functional groups attached to an aromatic ring is 2. The highest BCUT2D eigenvalue weighted by Crippen LogP contribution is 2.75. The Morgan fingerprint density at radius 3 is 1.58 bits per heavy atom. The summed E-state index contributed by atoms with van der Waals surface area (Å²) in [5.41, 5.74) is 12.4. The number of unbranched alkanes of at least 4 members (excludes halogenated alkanes) is 2. The molecule has 9 unspecified atom stereocenters. The summed E-state index contributed by atoms with van der Waals surface area (Å²) in [5.74, 6) is 0.591. The Morgan fingerprint density at radius 2 is 1.16 bits per heavy atom. The van der Waals surface area contributed by atoms with E-state index in [1.165, 1.54) is 5.57 Å². The van der Waals surface area contributed by atoms with Crippen molar-refractivity contribution in [2.24, 2.45) is 61.7 Å². The van der Waals surface area contributed by atoms with E-state index in [1.807, 2.05) is 37.3 Å². The minimum absolute atomic E-state index is 0.0296. The predicted octanol–water partition coefficient (Wildman–Crippen LogP) is 7.03. The molecule has 9 atom stereocenters. The summed E-state index contributed by atoms with van der Waals surface area (Å²) in [6, 6.07) is 14.4. The van der Waals surface area contributed by atoms with Gasteiger partial charge in [-0.2, -0.15) is 16.8 Å². The van der Waals surface area contributed by atoms with Gasteiger partial charge in [-0.1, -0.05) is 47.1 Å². The molecule has 0 saturated heterocycles. The van der Waals surface area contributed by atoms with Crippen LogP contribution in [0.5, 0.6) is 11.5 Å². The highest BCUT2D eigenvalue weighted by molar-refractivity contribution is 7.86. The maximum Gasteiger partial charge on any atom is 0.309 e. The van der Waals surface area contributed by atoms with E-state index in [0.717, 1.165) is 82.1 Å². The lowest BCUT2D eigenvalue weighted by Crippen LogP contribution is -2.66. The van der Waals surface area contributed by atoms with Gasteiger partial charge in [-0.05, 0) is 177 Å². The Kier molecular flexibility index (Phi) is 20.1. The topological polar surface area (TPSA) is 342 Å². The average molecular weight is 1060 g/mol. The van der Waals surface area contributed by atoms with E-state index in [1.54, 1.807) is 24.3 Å². The van der Waals surface area contributed by atoms with E-state index in [9.17, 15) is 36.6 Å². The van der Waals surface area contributed by atoms with E-state index < -0.39 is 56.3 Å². The van der Waals surface area contributed by atoms with E-state index in [4.69, 9.17) is 51.1 Å². The number of nitrogens with one attached hydrogen (secondary N) is 2. The van der Waals surface area contributed by atoms with Gasteiger partial charge in [0.15, 0.2) is 5.78 Å². The molecule has 0 radical (unpaired) electrons. The number of ether oxygens (including phenoxy) is 2. The number of aliphatic carboxylic acids is 1. The lowest BCUT2D eigenvalue weighted by molar-refractivity contribution is -0.202. The van der Waals surface area contributed by atoms with Gasteiger partial charge in [-0.25, -0.2) is 0 Å². The van der Waals surface area contributed by atoms with Gasteiger partial charge >= 0.3 is 5.97 Å². The van der Waals surface area contributed by atoms with Crippen molar-refractivity contribution in [3.8, 4) is 11.5 Å². The monoisotopic (exact) mass is 1060 g/mol. The van der Waals surface area contributed by atoms with Crippen molar-refractivity contribution in [2.45, 2.75) is 132 Å². The fraction of sp³-hybridized carbons (Fsp3) is 0.660. The largest absolute Gasteiger partial charge is 0.494 e.